The van der Waals surface area contributed by atoms with Crippen LogP contribution in [-0.4, -0.2) is 12.1 Å². The summed E-state index contributed by atoms with van der Waals surface area (Å²) in [5, 5.41) is 0. The quantitative estimate of drug-likeness (QED) is 0.682. The van der Waals surface area contributed by atoms with Gasteiger partial charge in [0.25, 0.3) is 0 Å². The average Bonchev–Trinajstić information content (AvgIpc) is 2.35. The summed E-state index contributed by atoms with van der Waals surface area (Å²) in [6.45, 7) is 12.3. The van der Waals surface area contributed by atoms with Crippen LogP contribution in [0.4, 0.5) is 0 Å². The van der Waals surface area contributed by atoms with Crippen LogP contribution in [0.2, 0.25) is 0 Å². The van der Waals surface area contributed by atoms with E-state index in [0.29, 0.717) is 11.0 Å². The molecule has 0 saturated heterocycles. The van der Waals surface area contributed by atoms with Gasteiger partial charge in [0, 0.05) is 5.56 Å². The number of ether oxygens (including phenoxy) is 1. The van der Waals surface area contributed by atoms with Gasteiger partial charge in [-0.15, -0.1) is 6.42 Å². The summed E-state index contributed by atoms with van der Waals surface area (Å²) in [5.74, 6) is 2.07. The Bertz CT molecular complexity index is 469. The second-order valence-corrected chi connectivity index (χ2v) is 6.73. The van der Waals surface area contributed by atoms with E-state index >= 15 is 0 Å². The maximum Gasteiger partial charge on any atom is 0.327 e. The van der Waals surface area contributed by atoms with Crippen molar-refractivity contribution in [2.24, 2.45) is 11.1 Å². The monoisotopic (exact) mass is 289 g/mol. The molecule has 3 nitrogen and oxygen atoms in total. The van der Waals surface area contributed by atoms with Crippen molar-refractivity contribution in [3.05, 3.63) is 35.4 Å². The van der Waals surface area contributed by atoms with Crippen LogP contribution in [0.15, 0.2) is 24.3 Å². The maximum atomic E-state index is 11.5. The fourth-order valence-corrected chi connectivity index (χ4v) is 1.23. The van der Waals surface area contributed by atoms with Crippen molar-refractivity contribution in [3.8, 4) is 12.3 Å². The van der Waals surface area contributed by atoms with E-state index in [1.54, 1.807) is 38.1 Å². The molecular formula is C18H27NO2. The van der Waals surface area contributed by atoms with E-state index in [1.165, 1.54) is 0 Å². The van der Waals surface area contributed by atoms with Gasteiger partial charge in [0.05, 0.1) is 6.10 Å². The van der Waals surface area contributed by atoms with E-state index in [2.05, 4.69) is 33.6 Å². The summed E-state index contributed by atoms with van der Waals surface area (Å²) in [6, 6.07) is 6.22. The molecule has 0 aliphatic rings. The fraction of sp³-hybridized carbons (Fsp3) is 0.500. The van der Waals surface area contributed by atoms with Crippen LogP contribution in [0.5, 0.6) is 0 Å². The first-order chi connectivity index (χ1) is 9.54. The van der Waals surface area contributed by atoms with E-state index < -0.39 is 12.0 Å². The topological polar surface area (TPSA) is 52.3 Å². The summed E-state index contributed by atoms with van der Waals surface area (Å²) in [7, 11) is 0. The number of terminal acetylenes is 1. The SMILES string of the molecule is C#Cc1ccc(C(N)C(=O)OC(C)C)cc1.CC(C)(C)C. The lowest BCUT2D eigenvalue weighted by molar-refractivity contribution is -0.149. The number of nitrogens with two attached hydrogens (primary N) is 1. The van der Waals surface area contributed by atoms with Gasteiger partial charge in [-0.25, -0.2) is 4.79 Å². The first-order valence-electron chi connectivity index (χ1n) is 7.07. The van der Waals surface area contributed by atoms with Crippen molar-refractivity contribution >= 4 is 5.97 Å². The van der Waals surface area contributed by atoms with Crippen molar-refractivity contribution in [1.29, 1.82) is 0 Å². The number of hydrogen-bond donors (Lipinski definition) is 1. The van der Waals surface area contributed by atoms with Crippen LogP contribution in [0.25, 0.3) is 0 Å². The maximum absolute atomic E-state index is 11.5. The molecule has 116 valence electrons. The highest BCUT2D eigenvalue weighted by atomic mass is 16.5. The van der Waals surface area contributed by atoms with Crippen molar-refractivity contribution in [2.45, 2.75) is 53.7 Å². The largest absolute Gasteiger partial charge is 0.462 e. The molecule has 2 N–H and O–H groups in total. The lowest BCUT2D eigenvalue weighted by Crippen LogP contribution is -2.26. The Morgan fingerprint density at radius 1 is 1.19 bits per heavy atom. The number of benzene rings is 1. The highest BCUT2D eigenvalue weighted by Crippen LogP contribution is 2.13. The van der Waals surface area contributed by atoms with E-state index in [4.69, 9.17) is 16.9 Å². The molecule has 1 aromatic rings. The molecule has 0 radical (unpaired) electrons. The molecule has 3 heteroatoms. The predicted molar refractivity (Wildman–Crippen MR) is 87.7 cm³/mol. The molecule has 0 aromatic heterocycles. The minimum absolute atomic E-state index is 0.163. The summed E-state index contributed by atoms with van der Waals surface area (Å²) in [6.07, 6.45) is 5.07. The Balaban J connectivity index is 0.000000690. The molecule has 0 fully saturated rings. The summed E-state index contributed by atoms with van der Waals surface area (Å²) in [4.78, 5) is 11.5. The Morgan fingerprint density at radius 2 is 1.62 bits per heavy atom. The summed E-state index contributed by atoms with van der Waals surface area (Å²) >= 11 is 0. The summed E-state index contributed by atoms with van der Waals surface area (Å²) < 4.78 is 5.02. The van der Waals surface area contributed by atoms with E-state index in [0.717, 1.165) is 5.56 Å². The zero-order valence-corrected chi connectivity index (χ0v) is 13.9. The van der Waals surface area contributed by atoms with Crippen LogP contribution in [-0.2, 0) is 9.53 Å². The average molecular weight is 289 g/mol. The van der Waals surface area contributed by atoms with Gasteiger partial charge >= 0.3 is 5.97 Å². The molecule has 21 heavy (non-hydrogen) atoms. The molecule has 0 saturated carbocycles. The molecule has 0 bridgehead atoms. The van der Waals surface area contributed by atoms with Crippen LogP contribution in [0.3, 0.4) is 0 Å². The molecule has 0 heterocycles. The van der Waals surface area contributed by atoms with Crippen molar-refractivity contribution in [3.63, 3.8) is 0 Å². The zero-order chi connectivity index (χ0) is 16.6. The van der Waals surface area contributed by atoms with Crippen molar-refractivity contribution in [1.82, 2.24) is 0 Å². The van der Waals surface area contributed by atoms with Gasteiger partial charge in [-0.1, -0.05) is 45.7 Å². The minimum Gasteiger partial charge on any atom is -0.462 e. The lowest BCUT2D eigenvalue weighted by Gasteiger charge is -2.14. The third-order valence-electron chi connectivity index (χ3n) is 2.04. The highest BCUT2D eigenvalue weighted by Gasteiger charge is 2.18. The number of esters is 1. The predicted octanol–water partition coefficient (Wildman–Crippen LogP) is 3.67. The molecule has 1 unspecified atom stereocenters. The van der Waals surface area contributed by atoms with Gasteiger partial charge < -0.3 is 10.5 Å². The Labute approximate surface area is 128 Å². The first kappa shape index (κ1) is 19.2. The van der Waals surface area contributed by atoms with Crippen LogP contribution >= 0.6 is 0 Å². The zero-order valence-electron chi connectivity index (χ0n) is 13.9. The highest BCUT2D eigenvalue weighted by molar-refractivity contribution is 5.77. The molecule has 0 aliphatic heterocycles. The van der Waals surface area contributed by atoms with Gasteiger partial charge in [0.15, 0.2) is 0 Å². The second kappa shape index (κ2) is 8.49. The number of carbonyl (C=O) groups is 1. The smallest absolute Gasteiger partial charge is 0.327 e. The molecule has 0 spiro atoms. The Hall–Kier alpha value is -1.79. The molecule has 1 aromatic carbocycles. The van der Waals surface area contributed by atoms with Gasteiger partial charge in [0.2, 0.25) is 0 Å². The van der Waals surface area contributed by atoms with Gasteiger partial charge in [-0.3, -0.25) is 0 Å². The molecule has 0 aliphatic carbocycles. The number of rotatable bonds is 3. The van der Waals surface area contributed by atoms with Gasteiger partial charge in [-0.05, 0) is 37.0 Å². The molecule has 1 atom stereocenters. The molecule has 0 amide bonds. The van der Waals surface area contributed by atoms with E-state index in [9.17, 15) is 4.79 Å². The second-order valence-electron chi connectivity index (χ2n) is 6.73. The standard InChI is InChI=1S/C13H15NO2.C5H12/c1-4-10-5-7-11(8-6-10)12(14)13(15)16-9(2)3;1-5(2,3)4/h1,5-9,12H,14H2,2-3H3;1-4H3. The fourth-order valence-electron chi connectivity index (χ4n) is 1.23. The Kier molecular flexibility index (Phi) is 7.76. The first-order valence-corrected chi connectivity index (χ1v) is 7.07. The van der Waals surface area contributed by atoms with Gasteiger partial charge in [-0.2, -0.15) is 0 Å². The lowest BCUT2D eigenvalue weighted by atomic mass is 10.0. The summed E-state index contributed by atoms with van der Waals surface area (Å²) in [5.41, 5.74) is 7.71. The normalized spacial score (nSPS) is 12.0. The number of hydrogen-bond acceptors (Lipinski definition) is 3. The Morgan fingerprint density at radius 3 is 1.95 bits per heavy atom. The van der Waals surface area contributed by atoms with Crippen LogP contribution < -0.4 is 5.73 Å². The van der Waals surface area contributed by atoms with Crippen LogP contribution in [0.1, 0.15) is 58.7 Å². The minimum atomic E-state index is -0.755. The van der Waals surface area contributed by atoms with Gasteiger partial charge in [0.1, 0.15) is 6.04 Å². The number of carbonyl (C=O) groups excluding carboxylic acids is 1. The van der Waals surface area contributed by atoms with Crippen molar-refractivity contribution < 1.29 is 9.53 Å². The third-order valence-corrected chi connectivity index (χ3v) is 2.04. The van der Waals surface area contributed by atoms with E-state index in [-0.39, 0.29) is 6.10 Å². The third kappa shape index (κ3) is 9.70. The van der Waals surface area contributed by atoms with Crippen molar-refractivity contribution in [2.75, 3.05) is 0 Å². The van der Waals surface area contributed by atoms with E-state index in [1.807, 2.05) is 0 Å². The molecular weight excluding hydrogens is 262 g/mol. The molecule has 1 rings (SSSR count). The van der Waals surface area contributed by atoms with Crippen LogP contribution in [0, 0.1) is 17.8 Å².